The smallest absolute Gasteiger partial charge is 0.340 e. The third-order valence-electron chi connectivity index (χ3n) is 5.63. The van der Waals surface area contributed by atoms with Crippen molar-refractivity contribution in [1.29, 1.82) is 0 Å². The molecule has 0 radical (unpaired) electrons. The molecule has 3 rings (SSSR count). The van der Waals surface area contributed by atoms with Crippen LogP contribution in [0.25, 0.3) is 0 Å². The number of esters is 1. The van der Waals surface area contributed by atoms with E-state index in [4.69, 9.17) is 4.74 Å². The molecule has 2 aromatic rings. The number of sulfonamides is 1. The number of nitrogens with zero attached hydrogens (tertiary/aromatic N) is 3. The van der Waals surface area contributed by atoms with E-state index in [1.165, 1.54) is 28.3 Å². The minimum Gasteiger partial charge on any atom is -0.465 e. The molecule has 0 fully saturated rings. The Hall–Kier alpha value is -1.94. The Kier molecular flexibility index (Phi) is 7.41. The first-order valence-corrected chi connectivity index (χ1v) is 12.7. The van der Waals surface area contributed by atoms with Gasteiger partial charge in [0.05, 0.1) is 12.7 Å². The number of fused-ring (bicyclic) bond motifs is 1. The van der Waals surface area contributed by atoms with E-state index in [1.807, 2.05) is 14.1 Å². The van der Waals surface area contributed by atoms with Crippen LogP contribution in [0.5, 0.6) is 0 Å². The monoisotopic (exact) mass is 465 g/mol. The van der Waals surface area contributed by atoms with Crippen molar-refractivity contribution >= 4 is 33.0 Å². The molecule has 0 spiro atoms. The van der Waals surface area contributed by atoms with Gasteiger partial charge in [0.2, 0.25) is 0 Å². The number of carbonyl (C=O) groups is 1. The summed E-state index contributed by atoms with van der Waals surface area (Å²) in [7, 11) is 1.59. The Bertz CT molecular complexity index is 1030. The molecule has 0 bridgehead atoms. The number of thiophene rings is 1. The minimum absolute atomic E-state index is 0.116. The summed E-state index contributed by atoms with van der Waals surface area (Å²) in [6, 6.07) is 8.44. The Morgan fingerprint density at radius 1 is 1.16 bits per heavy atom. The number of carbonyl (C=O) groups excluding carboxylic acids is 1. The molecular formula is C22H31N3O4S2. The third-order valence-corrected chi connectivity index (χ3v) is 9.39. The molecule has 0 aliphatic carbocycles. The molecule has 0 atom stereocenters. The van der Waals surface area contributed by atoms with Crippen LogP contribution in [0.15, 0.2) is 28.5 Å². The zero-order valence-electron chi connectivity index (χ0n) is 18.8. The number of hydrogen-bond donors (Lipinski definition) is 0. The second-order valence-corrected chi connectivity index (χ2v) is 11.0. The molecule has 0 saturated carbocycles. The Morgan fingerprint density at radius 2 is 1.81 bits per heavy atom. The van der Waals surface area contributed by atoms with Gasteiger partial charge in [0.25, 0.3) is 10.0 Å². The highest BCUT2D eigenvalue weighted by Gasteiger charge is 2.36. The molecule has 0 unspecified atom stereocenters. The predicted octanol–water partition coefficient (Wildman–Crippen LogP) is 3.19. The summed E-state index contributed by atoms with van der Waals surface area (Å²) in [5.74, 6) is -0.573. The minimum atomic E-state index is -3.74. The van der Waals surface area contributed by atoms with Crippen molar-refractivity contribution in [2.45, 2.75) is 37.6 Å². The summed E-state index contributed by atoms with van der Waals surface area (Å²) in [4.78, 5) is 17.8. The van der Waals surface area contributed by atoms with Crippen molar-refractivity contribution in [2.24, 2.45) is 0 Å². The summed E-state index contributed by atoms with van der Waals surface area (Å²) in [6.45, 7) is 6.47. The van der Waals surface area contributed by atoms with E-state index >= 15 is 0 Å². The second-order valence-electron chi connectivity index (χ2n) is 7.77. The summed E-state index contributed by atoms with van der Waals surface area (Å²) in [5.41, 5.74) is 3.40. The zero-order valence-corrected chi connectivity index (χ0v) is 20.5. The van der Waals surface area contributed by atoms with Crippen molar-refractivity contribution < 1.29 is 17.9 Å². The van der Waals surface area contributed by atoms with Gasteiger partial charge in [-0.25, -0.2) is 13.2 Å². The van der Waals surface area contributed by atoms with E-state index in [-0.39, 0.29) is 9.77 Å². The lowest BCUT2D eigenvalue weighted by atomic mass is 10.0. The topological polar surface area (TPSA) is 70.2 Å². The van der Waals surface area contributed by atoms with E-state index < -0.39 is 16.0 Å². The van der Waals surface area contributed by atoms with Gasteiger partial charge in [0, 0.05) is 57.4 Å². The Balaban J connectivity index is 1.90. The highest BCUT2D eigenvalue weighted by atomic mass is 32.2. The number of rotatable bonds is 8. The third kappa shape index (κ3) is 4.79. The molecule has 9 heteroatoms. The van der Waals surface area contributed by atoms with Gasteiger partial charge in [-0.2, -0.15) is 4.31 Å². The van der Waals surface area contributed by atoms with Gasteiger partial charge in [0.15, 0.2) is 0 Å². The molecule has 0 amide bonds. The number of anilines is 1. The number of methoxy groups -OCH3 is 1. The van der Waals surface area contributed by atoms with Gasteiger partial charge in [-0.05, 0) is 29.7 Å². The van der Waals surface area contributed by atoms with Crippen LogP contribution in [0.3, 0.4) is 0 Å². The number of benzene rings is 1. The summed E-state index contributed by atoms with van der Waals surface area (Å²) >= 11 is 1.21. The van der Waals surface area contributed by atoms with Crippen molar-refractivity contribution in [2.75, 3.05) is 45.7 Å². The fraction of sp³-hybridized carbons (Fsp3) is 0.500. The molecule has 0 N–H and O–H groups in total. The van der Waals surface area contributed by atoms with E-state index in [0.717, 1.165) is 29.2 Å². The van der Waals surface area contributed by atoms with Crippen LogP contribution in [-0.2, 0) is 34.3 Å². The van der Waals surface area contributed by atoms with Crippen molar-refractivity contribution in [3.63, 3.8) is 0 Å². The molecule has 1 aromatic heterocycles. The van der Waals surface area contributed by atoms with Crippen LogP contribution in [0.4, 0.5) is 5.69 Å². The quantitative estimate of drug-likeness (QED) is 0.558. The average molecular weight is 466 g/mol. The van der Waals surface area contributed by atoms with Gasteiger partial charge in [-0.1, -0.05) is 26.0 Å². The molecule has 170 valence electrons. The molecule has 7 nitrogen and oxygen atoms in total. The summed E-state index contributed by atoms with van der Waals surface area (Å²) < 4.78 is 32.9. The van der Waals surface area contributed by atoms with E-state index in [1.54, 1.807) is 13.8 Å². The lowest BCUT2D eigenvalue weighted by Gasteiger charge is -2.27. The molecule has 1 aliphatic heterocycles. The maximum atomic E-state index is 13.2. The molecule has 1 aromatic carbocycles. The van der Waals surface area contributed by atoms with Crippen molar-refractivity contribution in [3.8, 4) is 0 Å². The fourth-order valence-electron chi connectivity index (χ4n) is 3.89. The number of ether oxygens (including phenoxy) is 1. The second kappa shape index (κ2) is 9.68. The summed E-state index contributed by atoms with van der Waals surface area (Å²) in [5, 5.41) is 0. The Morgan fingerprint density at radius 3 is 2.35 bits per heavy atom. The van der Waals surface area contributed by atoms with Crippen LogP contribution in [0.2, 0.25) is 0 Å². The van der Waals surface area contributed by atoms with Crippen LogP contribution in [0, 0.1) is 0 Å². The number of hydrogen-bond acceptors (Lipinski definition) is 7. The normalized spacial score (nSPS) is 14.5. The maximum Gasteiger partial charge on any atom is 0.340 e. The van der Waals surface area contributed by atoms with E-state index in [0.29, 0.717) is 26.1 Å². The van der Waals surface area contributed by atoms with Crippen LogP contribution in [-0.4, -0.2) is 64.4 Å². The molecule has 2 heterocycles. The van der Waals surface area contributed by atoms with Crippen molar-refractivity contribution in [1.82, 2.24) is 9.21 Å². The first kappa shape index (κ1) is 23.7. The van der Waals surface area contributed by atoms with Gasteiger partial charge in [0.1, 0.15) is 4.21 Å². The predicted molar refractivity (Wildman–Crippen MR) is 124 cm³/mol. The lowest BCUT2D eigenvalue weighted by molar-refractivity contribution is 0.0595. The zero-order chi connectivity index (χ0) is 22.8. The first-order valence-electron chi connectivity index (χ1n) is 10.4. The van der Waals surface area contributed by atoms with Crippen LogP contribution in [0.1, 0.15) is 40.2 Å². The fourth-order valence-corrected chi connectivity index (χ4v) is 7.42. The highest BCUT2D eigenvalue weighted by molar-refractivity contribution is 7.91. The van der Waals surface area contributed by atoms with Gasteiger partial charge >= 0.3 is 5.97 Å². The SMILES string of the molecule is CCN(CC)S(=O)(=O)c1sc2c(c1C(=O)OC)CCN(Cc1ccc(N(C)C)cc1)C2. The first-order chi connectivity index (χ1) is 14.7. The molecule has 0 saturated heterocycles. The average Bonchev–Trinajstić information content (AvgIpc) is 3.14. The largest absolute Gasteiger partial charge is 0.465 e. The Labute approximate surface area is 189 Å². The van der Waals surface area contributed by atoms with E-state index in [2.05, 4.69) is 34.1 Å². The maximum absolute atomic E-state index is 13.2. The van der Waals surface area contributed by atoms with Gasteiger partial charge in [-0.3, -0.25) is 4.90 Å². The van der Waals surface area contributed by atoms with Crippen LogP contribution >= 0.6 is 11.3 Å². The molecule has 31 heavy (non-hydrogen) atoms. The van der Waals surface area contributed by atoms with Gasteiger partial charge < -0.3 is 9.64 Å². The summed E-state index contributed by atoms with van der Waals surface area (Å²) in [6.07, 6.45) is 0.625. The molecule has 1 aliphatic rings. The van der Waals surface area contributed by atoms with E-state index in [9.17, 15) is 13.2 Å². The highest BCUT2D eigenvalue weighted by Crippen LogP contribution is 2.38. The molecular weight excluding hydrogens is 434 g/mol. The lowest BCUT2D eigenvalue weighted by Crippen LogP contribution is -2.31. The standard InChI is InChI=1S/C22H31N3O4S2/c1-6-25(7-2)31(27,28)22-20(21(26)29-5)18-12-13-24(15-19(18)30-22)14-16-8-10-17(11-9-16)23(3)4/h8-11H,6-7,12-15H2,1-5H3. The van der Waals surface area contributed by atoms with Crippen molar-refractivity contribution in [3.05, 3.63) is 45.8 Å². The van der Waals surface area contributed by atoms with Crippen LogP contribution < -0.4 is 4.90 Å². The van der Waals surface area contributed by atoms with Gasteiger partial charge in [-0.15, -0.1) is 11.3 Å².